The van der Waals surface area contributed by atoms with Crippen molar-refractivity contribution in [1.82, 2.24) is 9.97 Å². The molecule has 1 aromatic carbocycles. The normalized spacial score (nSPS) is 10.2. The number of rotatable bonds is 1. The number of nitrogens with zero attached hydrogens (tertiary/aromatic N) is 1. The Morgan fingerprint density at radius 3 is 2.77 bits per heavy atom. The molecule has 0 saturated carbocycles. The van der Waals surface area contributed by atoms with Gasteiger partial charge in [-0.2, -0.15) is 0 Å². The third-order valence-electron chi connectivity index (χ3n) is 1.87. The first kappa shape index (κ1) is 7.86. The van der Waals surface area contributed by atoms with Gasteiger partial charge in [-0.3, -0.25) is 0 Å². The quantitative estimate of drug-likeness (QED) is 0.648. The van der Waals surface area contributed by atoms with Crippen molar-refractivity contribution < 1.29 is 0 Å². The first-order valence-electron chi connectivity index (χ1n) is 4.12. The zero-order valence-corrected chi connectivity index (χ0v) is 7.41. The number of aryl methyl sites for hydroxylation is 1. The van der Waals surface area contributed by atoms with Gasteiger partial charge in [-0.05, 0) is 30.7 Å². The summed E-state index contributed by atoms with van der Waals surface area (Å²) >= 11 is 0. The summed E-state index contributed by atoms with van der Waals surface area (Å²) in [6, 6.07) is 5.90. The van der Waals surface area contributed by atoms with Gasteiger partial charge in [-0.1, -0.05) is 0 Å². The lowest BCUT2D eigenvalue weighted by Gasteiger charge is -2.01. The molecule has 0 amide bonds. The molecule has 2 rings (SSSR count). The molecule has 2 aromatic rings. The molecule has 0 fully saturated rings. The maximum absolute atomic E-state index is 5.72. The lowest BCUT2D eigenvalue weighted by atomic mass is 10.1. The van der Waals surface area contributed by atoms with Crippen LogP contribution in [0.1, 0.15) is 5.56 Å². The number of imidazole rings is 1. The zero-order valence-electron chi connectivity index (χ0n) is 7.41. The lowest BCUT2D eigenvalue weighted by Crippen LogP contribution is -1.88. The van der Waals surface area contributed by atoms with E-state index in [4.69, 9.17) is 5.73 Å². The van der Waals surface area contributed by atoms with E-state index in [9.17, 15) is 0 Å². The van der Waals surface area contributed by atoms with Gasteiger partial charge in [0.15, 0.2) is 0 Å². The van der Waals surface area contributed by atoms with E-state index < -0.39 is 0 Å². The van der Waals surface area contributed by atoms with Crippen LogP contribution >= 0.6 is 0 Å². The Hall–Kier alpha value is -1.77. The van der Waals surface area contributed by atoms with Crippen LogP contribution < -0.4 is 5.73 Å². The number of nitrogens with one attached hydrogen (secondary N) is 1. The van der Waals surface area contributed by atoms with Crippen LogP contribution in [0.5, 0.6) is 0 Å². The van der Waals surface area contributed by atoms with E-state index in [1.807, 2.05) is 19.1 Å². The second-order valence-corrected chi connectivity index (χ2v) is 3.07. The molecular weight excluding hydrogens is 162 g/mol. The van der Waals surface area contributed by atoms with Gasteiger partial charge in [0.05, 0.1) is 0 Å². The Kier molecular flexibility index (Phi) is 1.77. The van der Waals surface area contributed by atoms with Crippen LogP contribution in [0.25, 0.3) is 11.4 Å². The summed E-state index contributed by atoms with van der Waals surface area (Å²) in [7, 11) is 0. The van der Waals surface area contributed by atoms with Gasteiger partial charge in [-0.15, -0.1) is 0 Å². The Morgan fingerprint density at radius 1 is 1.31 bits per heavy atom. The van der Waals surface area contributed by atoms with E-state index >= 15 is 0 Å². The Balaban J connectivity index is 2.53. The van der Waals surface area contributed by atoms with Crippen LogP contribution in [0.4, 0.5) is 5.69 Å². The molecular formula is C10H11N3. The molecule has 0 aliphatic rings. The predicted molar refractivity (Wildman–Crippen MR) is 53.2 cm³/mol. The summed E-state index contributed by atoms with van der Waals surface area (Å²) in [5.74, 6) is 0.857. The Bertz CT molecular complexity index is 384. The average Bonchev–Trinajstić information content (AvgIpc) is 2.53. The highest BCUT2D eigenvalue weighted by Gasteiger charge is 2.00. The smallest absolute Gasteiger partial charge is 0.137 e. The van der Waals surface area contributed by atoms with Crippen LogP contribution in [-0.4, -0.2) is 9.97 Å². The molecule has 0 aliphatic carbocycles. The molecule has 66 valence electrons. The predicted octanol–water partition coefficient (Wildman–Crippen LogP) is 1.97. The van der Waals surface area contributed by atoms with Crippen molar-refractivity contribution >= 4 is 5.69 Å². The minimum absolute atomic E-state index is 0.770. The highest BCUT2D eigenvalue weighted by atomic mass is 14.9. The lowest BCUT2D eigenvalue weighted by molar-refractivity contribution is 1.30. The number of aromatic nitrogens is 2. The highest BCUT2D eigenvalue weighted by molar-refractivity contribution is 5.62. The van der Waals surface area contributed by atoms with E-state index in [1.165, 1.54) is 0 Å². The van der Waals surface area contributed by atoms with Crippen molar-refractivity contribution in [2.75, 3.05) is 5.73 Å². The van der Waals surface area contributed by atoms with Crippen LogP contribution in [0.2, 0.25) is 0 Å². The molecule has 0 atom stereocenters. The molecule has 3 heteroatoms. The van der Waals surface area contributed by atoms with Gasteiger partial charge in [0.1, 0.15) is 5.82 Å². The summed E-state index contributed by atoms with van der Waals surface area (Å²) in [5.41, 5.74) is 8.67. The number of benzene rings is 1. The first-order chi connectivity index (χ1) is 6.25. The number of aromatic amines is 1. The Labute approximate surface area is 76.6 Å². The van der Waals surface area contributed by atoms with Crippen LogP contribution in [0, 0.1) is 6.92 Å². The zero-order chi connectivity index (χ0) is 9.26. The average molecular weight is 173 g/mol. The summed E-state index contributed by atoms with van der Waals surface area (Å²) < 4.78 is 0. The monoisotopic (exact) mass is 173 g/mol. The molecule has 0 bridgehead atoms. The second kappa shape index (κ2) is 2.94. The minimum Gasteiger partial charge on any atom is -0.399 e. The number of hydrogen-bond donors (Lipinski definition) is 2. The van der Waals surface area contributed by atoms with Crippen LogP contribution in [0.15, 0.2) is 30.6 Å². The number of nitrogen functional groups attached to an aromatic ring is 1. The number of H-pyrrole nitrogens is 1. The number of anilines is 1. The minimum atomic E-state index is 0.770. The maximum atomic E-state index is 5.72. The largest absolute Gasteiger partial charge is 0.399 e. The summed E-state index contributed by atoms with van der Waals surface area (Å²) in [4.78, 5) is 7.20. The van der Waals surface area contributed by atoms with Gasteiger partial charge in [0, 0.05) is 23.6 Å². The van der Waals surface area contributed by atoms with E-state index in [-0.39, 0.29) is 0 Å². The van der Waals surface area contributed by atoms with Crippen molar-refractivity contribution in [2.24, 2.45) is 0 Å². The molecule has 0 radical (unpaired) electrons. The molecule has 1 heterocycles. The van der Waals surface area contributed by atoms with Crippen molar-refractivity contribution in [3.8, 4) is 11.4 Å². The third kappa shape index (κ3) is 1.54. The molecule has 0 aliphatic heterocycles. The SMILES string of the molecule is Cc1cc(N)cc(-c2ncc[nH]2)c1. The van der Waals surface area contributed by atoms with E-state index in [2.05, 4.69) is 16.0 Å². The summed E-state index contributed by atoms with van der Waals surface area (Å²) in [5, 5.41) is 0. The molecule has 13 heavy (non-hydrogen) atoms. The fraction of sp³-hybridized carbons (Fsp3) is 0.100. The molecule has 3 N–H and O–H groups in total. The van der Waals surface area contributed by atoms with Gasteiger partial charge >= 0.3 is 0 Å². The molecule has 1 aromatic heterocycles. The van der Waals surface area contributed by atoms with E-state index in [0.717, 1.165) is 22.6 Å². The van der Waals surface area contributed by atoms with Crippen LogP contribution in [-0.2, 0) is 0 Å². The van der Waals surface area contributed by atoms with E-state index in [1.54, 1.807) is 12.4 Å². The van der Waals surface area contributed by atoms with Crippen molar-refractivity contribution in [1.29, 1.82) is 0 Å². The summed E-state index contributed by atoms with van der Waals surface area (Å²) in [6.07, 6.45) is 3.53. The fourth-order valence-electron chi connectivity index (χ4n) is 1.37. The van der Waals surface area contributed by atoms with Gasteiger partial charge in [0.2, 0.25) is 0 Å². The second-order valence-electron chi connectivity index (χ2n) is 3.07. The Morgan fingerprint density at radius 2 is 2.15 bits per heavy atom. The molecule has 0 spiro atoms. The molecule has 0 unspecified atom stereocenters. The van der Waals surface area contributed by atoms with Crippen LogP contribution in [0.3, 0.4) is 0 Å². The van der Waals surface area contributed by atoms with Gasteiger partial charge in [-0.25, -0.2) is 4.98 Å². The third-order valence-corrected chi connectivity index (χ3v) is 1.87. The van der Waals surface area contributed by atoms with Gasteiger partial charge in [0.25, 0.3) is 0 Å². The molecule has 3 nitrogen and oxygen atoms in total. The van der Waals surface area contributed by atoms with E-state index in [0.29, 0.717) is 0 Å². The van der Waals surface area contributed by atoms with Crippen molar-refractivity contribution in [3.63, 3.8) is 0 Å². The van der Waals surface area contributed by atoms with Crippen molar-refractivity contribution in [2.45, 2.75) is 6.92 Å². The fourth-order valence-corrected chi connectivity index (χ4v) is 1.37. The standard InChI is InChI=1S/C10H11N3/c1-7-4-8(6-9(11)5-7)10-12-2-3-13-10/h2-6H,11H2,1H3,(H,12,13). The number of nitrogens with two attached hydrogens (primary N) is 1. The van der Waals surface area contributed by atoms with Gasteiger partial charge < -0.3 is 10.7 Å². The number of hydrogen-bond acceptors (Lipinski definition) is 2. The first-order valence-corrected chi connectivity index (χ1v) is 4.12. The molecule has 0 saturated heterocycles. The summed E-state index contributed by atoms with van der Waals surface area (Å²) in [6.45, 7) is 2.02. The maximum Gasteiger partial charge on any atom is 0.137 e. The highest BCUT2D eigenvalue weighted by Crippen LogP contribution is 2.19. The topological polar surface area (TPSA) is 54.7 Å². The van der Waals surface area contributed by atoms with Crippen molar-refractivity contribution in [3.05, 3.63) is 36.2 Å².